The second-order valence-electron chi connectivity index (χ2n) is 4.91. The SMILES string of the molecule is O=C(CNC(=O)Cc1ccccc1Br)NCc1ccccc1Cl. The molecule has 23 heavy (non-hydrogen) atoms. The largest absolute Gasteiger partial charge is 0.350 e. The van der Waals surface area contributed by atoms with Gasteiger partial charge < -0.3 is 10.6 Å². The van der Waals surface area contributed by atoms with Crippen LogP contribution in [0.15, 0.2) is 53.0 Å². The first-order chi connectivity index (χ1) is 11.1. The van der Waals surface area contributed by atoms with E-state index in [0.29, 0.717) is 11.6 Å². The Bertz CT molecular complexity index is 706. The van der Waals surface area contributed by atoms with Crippen LogP contribution >= 0.6 is 27.5 Å². The van der Waals surface area contributed by atoms with E-state index in [9.17, 15) is 9.59 Å². The van der Waals surface area contributed by atoms with Crippen molar-refractivity contribution in [1.29, 1.82) is 0 Å². The van der Waals surface area contributed by atoms with E-state index in [0.717, 1.165) is 15.6 Å². The summed E-state index contributed by atoms with van der Waals surface area (Å²) in [5.74, 6) is -0.463. The molecule has 0 aliphatic heterocycles. The standard InChI is InChI=1S/C17H16BrClN2O2/c18-14-7-3-1-5-12(14)9-16(22)21-11-17(23)20-10-13-6-2-4-8-15(13)19/h1-8H,9-11H2,(H,20,23)(H,21,22). The van der Waals surface area contributed by atoms with Gasteiger partial charge in [0.15, 0.2) is 0 Å². The molecule has 0 unspecified atom stereocenters. The van der Waals surface area contributed by atoms with E-state index in [1.54, 1.807) is 6.07 Å². The highest BCUT2D eigenvalue weighted by Gasteiger charge is 2.08. The number of carbonyl (C=O) groups excluding carboxylic acids is 2. The Morgan fingerprint density at radius 1 is 0.913 bits per heavy atom. The van der Waals surface area contributed by atoms with Crippen molar-refractivity contribution in [3.8, 4) is 0 Å². The van der Waals surface area contributed by atoms with Gasteiger partial charge in [0.1, 0.15) is 0 Å². The molecule has 2 aromatic carbocycles. The van der Waals surface area contributed by atoms with E-state index < -0.39 is 0 Å². The molecule has 0 bridgehead atoms. The minimum atomic E-state index is -0.259. The monoisotopic (exact) mass is 394 g/mol. The molecule has 0 saturated heterocycles. The third-order valence-corrected chi connectivity index (χ3v) is 4.33. The maximum atomic E-state index is 11.9. The van der Waals surface area contributed by atoms with Crippen LogP contribution < -0.4 is 10.6 Å². The van der Waals surface area contributed by atoms with Crippen molar-refractivity contribution >= 4 is 39.3 Å². The minimum absolute atomic E-state index is 0.0618. The molecule has 2 N–H and O–H groups in total. The molecule has 0 fully saturated rings. The lowest BCUT2D eigenvalue weighted by atomic mass is 10.1. The second kappa shape index (κ2) is 8.70. The van der Waals surface area contributed by atoms with Gasteiger partial charge in [0.05, 0.1) is 13.0 Å². The van der Waals surface area contributed by atoms with E-state index in [-0.39, 0.29) is 24.8 Å². The van der Waals surface area contributed by atoms with Gasteiger partial charge in [0.2, 0.25) is 11.8 Å². The Labute approximate surface area is 148 Å². The lowest BCUT2D eigenvalue weighted by Gasteiger charge is -2.09. The molecule has 6 heteroatoms. The van der Waals surface area contributed by atoms with E-state index >= 15 is 0 Å². The van der Waals surface area contributed by atoms with Crippen molar-refractivity contribution in [3.63, 3.8) is 0 Å². The zero-order chi connectivity index (χ0) is 16.7. The van der Waals surface area contributed by atoms with Crippen molar-refractivity contribution in [2.75, 3.05) is 6.54 Å². The molecule has 0 spiro atoms. The zero-order valence-corrected chi connectivity index (χ0v) is 14.7. The number of carbonyl (C=O) groups is 2. The minimum Gasteiger partial charge on any atom is -0.350 e. The fourth-order valence-electron chi connectivity index (χ4n) is 1.95. The highest BCUT2D eigenvalue weighted by atomic mass is 79.9. The average Bonchev–Trinajstić information content (AvgIpc) is 2.54. The first-order valence-electron chi connectivity index (χ1n) is 7.06. The van der Waals surface area contributed by atoms with Crippen LogP contribution in [0, 0.1) is 0 Å². The topological polar surface area (TPSA) is 58.2 Å². The average molecular weight is 396 g/mol. The smallest absolute Gasteiger partial charge is 0.239 e. The lowest BCUT2D eigenvalue weighted by Crippen LogP contribution is -2.37. The van der Waals surface area contributed by atoms with Gasteiger partial charge in [0.25, 0.3) is 0 Å². The Balaban J connectivity index is 1.75. The number of nitrogens with one attached hydrogen (secondary N) is 2. The van der Waals surface area contributed by atoms with Gasteiger partial charge in [-0.05, 0) is 23.3 Å². The molecule has 0 radical (unpaired) electrons. The Morgan fingerprint density at radius 2 is 1.57 bits per heavy atom. The van der Waals surface area contributed by atoms with Crippen molar-refractivity contribution in [1.82, 2.24) is 10.6 Å². The van der Waals surface area contributed by atoms with Gasteiger partial charge in [-0.1, -0.05) is 63.9 Å². The highest BCUT2D eigenvalue weighted by molar-refractivity contribution is 9.10. The first-order valence-corrected chi connectivity index (χ1v) is 8.23. The van der Waals surface area contributed by atoms with Gasteiger partial charge in [-0.25, -0.2) is 0 Å². The molecule has 120 valence electrons. The summed E-state index contributed by atoms with van der Waals surface area (Å²) in [5, 5.41) is 5.93. The van der Waals surface area contributed by atoms with Gasteiger partial charge in [-0.2, -0.15) is 0 Å². The van der Waals surface area contributed by atoms with Crippen LogP contribution in [0.1, 0.15) is 11.1 Å². The van der Waals surface area contributed by atoms with Crippen molar-refractivity contribution in [2.45, 2.75) is 13.0 Å². The van der Waals surface area contributed by atoms with Crippen LogP contribution in [0.4, 0.5) is 0 Å². The van der Waals surface area contributed by atoms with Crippen molar-refractivity contribution in [2.24, 2.45) is 0 Å². The summed E-state index contributed by atoms with van der Waals surface area (Å²) in [6, 6.07) is 14.8. The molecular formula is C17H16BrClN2O2. The van der Waals surface area contributed by atoms with E-state index in [4.69, 9.17) is 11.6 Å². The molecule has 0 aliphatic rings. The summed E-state index contributed by atoms with van der Waals surface area (Å²) < 4.78 is 0.873. The fraction of sp³-hybridized carbons (Fsp3) is 0.176. The summed E-state index contributed by atoms with van der Waals surface area (Å²) in [4.78, 5) is 23.6. The molecule has 2 amide bonds. The number of hydrogen-bond donors (Lipinski definition) is 2. The molecule has 2 aromatic rings. The number of rotatable bonds is 6. The van der Waals surface area contributed by atoms with Crippen LogP contribution in [-0.4, -0.2) is 18.4 Å². The number of halogens is 2. The molecular weight excluding hydrogens is 380 g/mol. The summed E-state index contributed by atoms with van der Waals surface area (Å²) >= 11 is 9.41. The predicted molar refractivity (Wildman–Crippen MR) is 94.2 cm³/mol. The summed E-state index contributed by atoms with van der Waals surface area (Å²) in [6.45, 7) is 0.270. The van der Waals surface area contributed by atoms with Crippen molar-refractivity contribution in [3.05, 3.63) is 69.2 Å². The maximum Gasteiger partial charge on any atom is 0.239 e. The Morgan fingerprint density at radius 3 is 2.26 bits per heavy atom. The van der Waals surface area contributed by atoms with Crippen LogP contribution in [-0.2, 0) is 22.6 Å². The molecule has 0 saturated carbocycles. The van der Waals surface area contributed by atoms with Crippen molar-refractivity contribution < 1.29 is 9.59 Å². The predicted octanol–water partition coefficient (Wildman–Crippen LogP) is 3.08. The maximum absolute atomic E-state index is 11.9. The normalized spacial score (nSPS) is 10.2. The lowest BCUT2D eigenvalue weighted by molar-refractivity contribution is -0.125. The van der Waals surface area contributed by atoms with Gasteiger partial charge in [-0.15, -0.1) is 0 Å². The molecule has 0 aromatic heterocycles. The molecule has 0 heterocycles. The van der Waals surface area contributed by atoms with Gasteiger partial charge in [0, 0.05) is 16.0 Å². The molecule has 0 atom stereocenters. The molecule has 4 nitrogen and oxygen atoms in total. The highest BCUT2D eigenvalue weighted by Crippen LogP contribution is 2.16. The zero-order valence-electron chi connectivity index (χ0n) is 12.3. The second-order valence-corrected chi connectivity index (χ2v) is 6.17. The van der Waals surface area contributed by atoms with Crippen LogP contribution in [0.5, 0.6) is 0 Å². The molecule has 0 aliphatic carbocycles. The number of amides is 2. The van der Waals surface area contributed by atoms with E-state index in [1.807, 2.05) is 42.5 Å². The Hall–Kier alpha value is -1.85. The van der Waals surface area contributed by atoms with Gasteiger partial charge in [-0.3, -0.25) is 9.59 Å². The van der Waals surface area contributed by atoms with E-state index in [2.05, 4.69) is 26.6 Å². The van der Waals surface area contributed by atoms with Crippen LogP contribution in [0.3, 0.4) is 0 Å². The number of hydrogen-bond acceptors (Lipinski definition) is 2. The summed E-state index contributed by atoms with van der Waals surface area (Å²) in [5.41, 5.74) is 1.71. The summed E-state index contributed by atoms with van der Waals surface area (Å²) in [7, 11) is 0. The van der Waals surface area contributed by atoms with Crippen LogP contribution in [0.25, 0.3) is 0 Å². The quantitative estimate of drug-likeness (QED) is 0.790. The van der Waals surface area contributed by atoms with Gasteiger partial charge >= 0.3 is 0 Å². The Kier molecular flexibility index (Phi) is 6.62. The number of benzene rings is 2. The fourth-order valence-corrected chi connectivity index (χ4v) is 2.58. The first kappa shape index (κ1) is 17.5. The third-order valence-electron chi connectivity index (χ3n) is 3.19. The van der Waals surface area contributed by atoms with Crippen LogP contribution in [0.2, 0.25) is 5.02 Å². The van der Waals surface area contributed by atoms with E-state index in [1.165, 1.54) is 0 Å². The molecule has 2 rings (SSSR count). The third kappa shape index (κ3) is 5.69. The summed E-state index contributed by atoms with van der Waals surface area (Å²) in [6.07, 6.45) is 0.221.